The number of benzene rings is 1. The number of carbonyl (C=O) groups excluding carboxylic acids is 2. The Bertz CT molecular complexity index is 859. The monoisotopic (exact) mass is 395 g/mol. The van der Waals surface area contributed by atoms with Crippen molar-refractivity contribution in [1.82, 2.24) is 9.80 Å². The van der Waals surface area contributed by atoms with Gasteiger partial charge in [0.25, 0.3) is 0 Å². The van der Waals surface area contributed by atoms with Gasteiger partial charge in [-0.15, -0.1) is 0 Å². The molecule has 1 spiro atoms. The quantitative estimate of drug-likeness (QED) is 0.834. The summed E-state index contributed by atoms with van der Waals surface area (Å²) < 4.78 is 5.74. The molecule has 4 fully saturated rings. The maximum absolute atomic E-state index is 13.9. The predicted octanol–water partition coefficient (Wildman–Crippen LogP) is 2.20. The lowest BCUT2D eigenvalue weighted by Crippen LogP contribution is -2.57. The van der Waals surface area contributed by atoms with Gasteiger partial charge in [0.1, 0.15) is 5.54 Å². The molecule has 154 valence electrons. The second-order valence-corrected chi connectivity index (χ2v) is 9.58. The SMILES string of the molecule is COC1[C@@H]2CC[C@H]1CN(C(=O)[C@@H]1C[C@H]3CCCN3[C@]13C(=O)Nc1ccccc13)C2. The van der Waals surface area contributed by atoms with Crippen LogP contribution in [0.1, 0.15) is 37.7 Å². The number of piperidine rings is 1. The van der Waals surface area contributed by atoms with Crippen LogP contribution in [-0.2, 0) is 19.9 Å². The van der Waals surface area contributed by atoms with E-state index in [1.165, 1.54) is 0 Å². The largest absolute Gasteiger partial charge is 0.381 e. The molecule has 29 heavy (non-hydrogen) atoms. The standard InChI is InChI=1S/C23H29N3O3/c1-29-20-14-8-9-15(20)13-25(12-14)21(27)18-11-16-5-4-10-26(16)23(18)17-6-2-3-7-19(17)24-22(23)28/h2-3,6-7,14-16,18,20H,4-5,8-13H2,1H3,(H,24,28)/t14-,15+,16-,18+,20?,23+/m1/s1. The van der Waals surface area contributed by atoms with E-state index in [-0.39, 0.29) is 23.8 Å². The first-order valence-corrected chi connectivity index (χ1v) is 11.1. The molecule has 5 aliphatic rings. The van der Waals surface area contributed by atoms with E-state index >= 15 is 0 Å². The fourth-order valence-corrected chi connectivity index (χ4v) is 7.32. The molecule has 0 radical (unpaired) electrons. The highest BCUT2D eigenvalue weighted by atomic mass is 16.5. The van der Waals surface area contributed by atoms with Crippen LogP contribution in [0, 0.1) is 17.8 Å². The molecule has 2 amide bonds. The first kappa shape index (κ1) is 17.9. The van der Waals surface area contributed by atoms with E-state index in [2.05, 4.69) is 21.2 Å². The fourth-order valence-electron chi connectivity index (χ4n) is 7.32. The Balaban J connectivity index is 1.38. The Labute approximate surface area is 171 Å². The lowest BCUT2D eigenvalue weighted by molar-refractivity contribution is -0.148. The molecule has 1 aliphatic carbocycles. The number of nitrogens with one attached hydrogen (secondary N) is 1. The van der Waals surface area contributed by atoms with Gasteiger partial charge in [-0.2, -0.15) is 0 Å². The summed E-state index contributed by atoms with van der Waals surface area (Å²) in [5.74, 6) is 0.748. The van der Waals surface area contributed by atoms with Crippen LogP contribution >= 0.6 is 0 Å². The third-order valence-electron chi connectivity index (χ3n) is 8.40. The topological polar surface area (TPSA) is 61.9 Å². The van der Waals surface area contributed by atoms with Crippen LogP contribution in [-0.4, -0.2) is 60.5 Å². The molecule has 6 rings (SSSR count). The lowest BCUT2D eigenvalue weighted by Gasteiger charge is -2.42. The second kappa shape index (κ2) is 6.29. The minimum atomic E-state index is -0.827. The van der Waals surface area contributed by atoms with Gasteiger partial charge in [-0.05, 0) is 44.7 Å². The van der Waals surface area contributed by atoms with Crippen molar-refractivity contribution in [2.24, 2.45) is 17.8 Å². The van der Waals surface area contributed by atoms with Crippen molar-refractivity contribution in [3.63, 3.8) is 0 Å². The van der Waals surface area contributed by atoms with Crippen LogP contribution in [0.5, 0.6) is 0 Å². The summed E-state index contributed by atoms with van der Waals surface area (Å²) in [7, 11) is 1.80. The summed E-state index contributed by atoms with van der Waals surface area (Å²) in [6.07, 6.45) is 5.54. The molecule has 0 aromatic heterocycles. The molecule has 4 aliphatic heterocycles. The number of hydrogen-bond donors (Lipinski definition) is 1. The molecule has 4 heterocycles. The number of amides is 2. The minimum Gasteiger partial charge on any atom is -0.381 e. The van der Waals surface area contributed by atoms with Crippen molar-refractivity contribution in [2.45, 2.75) is 49.8 Å². The highest BCUT2D eigenvalue weighted by molar-refractivity contribution is 6.09. The molecule has 1 saturated carbocycles. The van der Waals surface area contributed by atoms with Crippen molar-refractivity contribution >= 4 is 17.5 Å². The van der Waals surface area contributed by atoms with Crippen LogP contribution < -0.4 is 5.32 Å². The van der Waals surface area contributed by atoms with E-state index in [1.807, 2.05) is 18.2 Å². The molecule has 6 heteroatoms. The van der Waals surface area contributed by atoms with E-state index in [4.69, 9.17) is 4.74 Å². The highest BCUT2D eigenvalue weighted by Crippen LogP contribution is 2.56. The molecule has 1 aromatic carbocycles. The Morgan fingerprint density at radius 2 is 1.93 bits per heavy atom. The number of hydrogen-bond acceptors (Lipinski definition) is 4. The van der Waals surface area contributed by atoms with Gasteiger partial charge in [0.2, 0.25) is 11.8 Å². The second-order valence-electron chi connectivity index (χ2n) is 9.58. The third-order valence-corrected chi connectivity index (χ3v) is 8.40. The molecule has 2 bridgehead atoms. The van der Waals surface area contributed by atoms with Crippen LogP contribution in [0.3, 0.4) is 0 Å². The minimum absolute atomic E-state index is 0.00352. The Kier molecular flexibility index (Phi) is 3.88. The summed E-state index contributed by atoms with van der Waals surface area (Å²) in [6, 6.07) is 8.30. The molecule has 6 nitrogen and oxygen atoms in total. The van der Waals surface area contributed by atoms with E-state index < -0.39 is 5.54 Å². The number of ether oxygens (including phenoxy) is 1. The number of para-hydroxylation sites is 1. The molecule has 1 unspecified atom stereocenters. The number of rotatable bonds is 2. The highest BCUT2D eigenvalue weighted by Gasteiger charge is 2.66. The predicted molar refractivity (Wildman–Crippen MR) is 108 cm³/mol. The summed E-state index contributed by atoms with van der Waals surface area (Å²) >= 11 is 0. The van der Waals surface area contributed by atoms with Crippen LogP contribution in [0.2, 0.25) is 0 Å². The Hall–Kier alpha value is -1.92. The van der Waals surface area contributed by atoms with Crippen LogP contribution in [0.25, 0.3) is 0 Å². The van der Waals surface area contributed by atoms with Gasteiger partial charge in [-0.3, -0.25) is 14.5 Å². The molecular formula is C23H29N3O3. The zero-order chi connectivity index (χ0) is 19.8. The van der Waals surface area contributed by atoms with Gasteiger partial charge in [0.05, 0.1) is 12.0 Å². The molecule has 3 saturated heterocycles. The van der Waals surface area contributed by atoms with Gasteiger partial charge in [-0.25, -0.2) is 0 Å². The Morgan fingerprint density at radius 3 is 2.69 bits per heavy atom. The Morgan fingerprint density at radius 1 is 1.17 bits per heavy atom. The van der Waals surface area contributed by atoms with Gasteiger partial charge in [0.15, 0.2) is 0 Å². The lowest BCUT2D eigenvalue weighted by atomic mass is 9.77. The normalized spacial score (nSPS) is 40.4. The number of fused-ring (bicyclic) bond motifs is 6. The van der Waals surface area contributed by atoms with Crippen molar-refractivity contribution < 1.29 is 14.3 Å². The fraction of sp³-hybridized carbons (Fsp3) is 0.652. The van der Waals surface area contributed by atoms with E-state index in [9.17, 15) is 9.59 Å². The average Bonchev–Trinajstić information content (AvgIpc) is 3.44. The number of carbonyl (C=O) groups is 2. The van der Waals surface area contributed by atoms with E-state index in [0.29, 0.717) is 17.9 Å². The van der Waals surface area contributed by atoms with Crippen molar-refractivity contribution in [3.05, 3.63) is 29.8 Å². The van der Waals surface area contributed by atoms with Crippen molar-refractivity contribution in [2.75, 3.05) is 32.1 Å². The third kappa shape index (κ3) is 2.24. The molecule has 6 atom stereocenters. The average molecular weight is 396 g/mol. The van der Waals surface area contributed by atoms with Crippen LogP contribution in [0.15, 0.2) is 24.3 Å². The number of anilines is 1. The van der Waals surface area contributed by atoms with E-state index in [0.717, 1.165) is 63.0 Å². The number of methoxy groups -OCH3 is 1. The first-order chi connectivity index (χ1) is 14.1. The van der Waals surface area contributed by atoms with Crippen molar-refractivity contribution in [3.8, 4) is 0 Å². The summed E-state index contributed by atoms with van der Waals surface area (Å²) in [6.45, 7) is 2.44. The summed E-state index contributed by atoms with van der Waals surface area (Å²) in [5, 5.41) is 3.11. The summed E-state index contributed by atoms with van der Waals surface area (Å²) in [4.78, 5) is 31.9. The molecular weight excluding hydrogens is 366 g/mol. The maximum atomic E-state index is 13.9. The zero-order valence-corrected chi connectivity index (χ0v) is 17.0. The van der Waals surface area contributed by atoms with Crippen molar-refractivity contribution in [1.29, 1.82) is 0 Å². The smallest absolute Gasteiger partial charge is 0.250 e. The maximum Gasteiger partial charge on any atom is 0.250 e. The molecule has 1 N–H and O–H groups in total. The number of nitrogens with zero attached hydrogens (tertiary/aromatic N) is 2. The first-order valence-electron chi connectivity index (χ1n) is 11.1. The molecule has 1 aromatic rings. The van der Waals surface area contributed by atoms with Gasteiger partial charge in [-0.1, -0.05) is 18.2 Å². The van der Waals surface area contributed by atoms with Crippen LogP contribution in [0.4, 0.5) is 5.69 Å². The van der Waals surface area contributed by atoms with Gasteiger partial charge < -0.3 is 15.0 Å². The van der Waals surface area contributed by atoms with Gasteiger partial charge in [0, 0.05) is 49.3 Å². The number of likely N-dealkylation sites (tertiary alicyclic amines) is 1. The summed E-state index contributed by atoms with van der Waals surface area (Å²) in [5.41, 5.74) is 1.05. The van der Waals surface area contributed by atoms with E-state index in [1.54, 1.807) is 7.11 Å². The van der Waals surface area contributed by atoms with Gasteiger partial charge >= 0.3 is 0 Å². The zero-order valence-electron chi connectivity index (χ0n) is 17.0.